The number of aliphatic hydroxyl groups excluding tert-OH is 3. The zero-order valence-corrected chi connectivity index (χ0v) is 15.0. The van der Waals surface area contributed by atoms with E-state index in [0.717, 1.165) is 5.56 Å². The molecule has 6 N–H and O–H groups in total. The van der Waals surface area contributed by atoms with E-state index in [9.17, 15) is 30.3 Å². The molecule has 0 saturated carbocycles. The third-order valence-corrected chi connectivity index (χ3v) is 4.34. The Morgan fingerprint density at radius 1 is 0.862 bits per heavy atom. The van der Waals surface area contributed by atoms with E-state index in [4.69, 9.17) is 14.6 Å². The molecule has 3 rings (SSSR count). The van der Waals surface area contributed by atoms with Crippen molar-refractivity contribution >= 4 is 18.1 Å². The highest BCUT2D eigenvalue weighted by Crippen LogP contribution is 2.28. The Hall–Kier alpha value is -3.11. The van der Waals surface area contributed by atoms with E-state index in [1.807, 2.05) is 0 Å². The minimum atomic E-state index is -1.82. The van der Waals surface area contributed by atoms with Crippen LogP contribution in [0.5, 0.6) is 17.2 Å². The van der Waals surface area contributed by atoms with Crippen molar-refractivity contribution in [3.05, 3.63) is 53.6 Å². The van der Waals surface area contributed by atoms with Gasteiger partial charge >= 0.3 is 5.97 Å². The quantitative estimate of drug-likeness (QED) is 0.391. The molecule has 2 aromatic carbocycles. The van der Waals surface area contributed by atoms with Crippen LogP contribution < -0.4 is 4.74 Å². The fourth-order valence-electron chi connectivity index (χ4n) is 2.83. The van der Waals surface area contributed by atoms with Crippen molar-refractivity contribution in [3.8, 4) is 17.2 Å². The molecule has 1 fully saturated rings. The molecule has 9 nitrogen and oxygen atoms in total. The van der Waals surface area contributed by atoms with Crippen LogP contribution in [-0.4, -0.2) is 67.3 Å². The third kappa shape index (κ3) is 4.84. The standard InChI is InChI=1S/C20H20O9/c21-12-5-3-10(4-6-12)1-2-11-7-13(22)9-14(8-11)28-20-17(25)15(23)16(24)18(29-20)19(26)27/h1-9,15-18,20-25H,(H,26,27)/b2-1-/t15-,16-,17+,18-,20+/m0/s1. The lowest BCUT2D eigenvalue weighted by Crippen LogP contribution is -2.61. The van der Waals surface area contributed by atoms with Crippen molar-refractivity contribution in [3.63, 3.8) is 0 Å². The SMILES string of the molecule is O=C(O)[C@H]1O[C@@H](Oc2cc(O)cc(/C=C\c3ccc(O)cc3)c2)[C@H](O)[C@@H](O)[C@@H]1O. The molecule has 0 amide bonds. The fourth-order valence-corrected chi connectivity index (χ4v) is 2.83. The summed E-state index contributed by atoms with van der Waals surface area (Å²) < 4.78 is 10.5. The zero-order valence-electron chi connectivity index (χ0n) is 15.0. The third-order valence-electron chi connectivity index (χ3n) is 4.34. The summed E-state index contributed by atoms with van der Waals surface area (Å²) in [5.41, 5.74) is 1.31. The van der Waals surface area contributed by atoms with Crippen LogP contribution in [0.15, 0.2) is 42.5 Å². The molecule has 0 unspecified atom stereocenters. The maximum atomic E-state index is 11.2. The molecule has 1 aliphatic rings. The number of phenolic OH excluding ortho intramolecular Hbond substituents is 2. The Kier molecular flexibility index (Phi) is 6.04. The summed E-state index contributed by atoms with van der Waals surface area (Å²) in [7, 11) is 0. The van der Waals surface area contributed by atoms with Gasteiger partial charge in [-0.25, -0.2) is 4.79 Å². The molecule has 0 spiro atoms. The second kappa shape index (κ2) is 8.50. The van der Waals surface area contributed by atoms with Crippen molar-refractivity contribution in [1.82, 2.24) is 0 Å². The topological polar surface area (TPSA) is 157 Å². The number of carboxylic acid groups (broad SMARTS) is 1. The highest BCUT2D eigenvalue weighted by molar-refractivity contribution is 5.73. The van der Waals surface area contributed by atoms with Crippen LogP contribution in [-0.2, 0) is 9.53 Å². The van der Waals surface area contributed by atoms with Gasteiger partial charge in [-0.15, -0.1) is 0 Å². The number of rotatable bonds is 5. The summed E-state index contributed by atoms with van der Waals surface area (Å²) in [5.74, 6) is -1.50. The largest absolute Gasteiger partial charge is 0.508 e. The summed E-state index contributed by atoms with van der Waals surface area (Å²) in [4.78, 5) is 11.2. The molecular formula is C20H20O9. The van der Waals surface area contributed by atoms with Crippen LogP contribution in [0.25, 0.3) is 12.2 Å². The lowest BCUT2D eigenvalue weighted by Gasteiger charge is -2.38. The number of hydrogen-bond acceptors (Lipinski definition) is 8. The average Bonchev–Trinajstić information content (AvgIpc) is 2.67. The molecule has 5 atom stereocenters. The number of carboxylic acids is 1. The Morgan fingerprint density at radius 2 is 1.52 bits per heavy atom. The Labute approximate surface area is 165 Å². The van der Waals surface area contributed by atoms with Crippen LogP contribution in [0, 0.1) is 0 Å². The number of phenols is 2. The number of hydrogen-bond donors (Lipinski definition) is 6. The normalized spacial score (nSPS) is 27.1. The monoisotopic (exact) mass is 404 g/mol. The van der Waals surface area contributed by atoms with Gasteiger partial charge in [0.25, 0.3) is 0 Å². The summed E-state index contributed by atoms with van der Waals surface area (Å²) in [5, 5.41) is 57.9. The van der Waals surface area contributed by atoms with Crippen molar-refractivity contribution in [1.29, 1.82) is 0 Å². The first-order chi connectivity index (χ1) is 13.7. The van der Waals surface area contributed by atoms with Gasteiger partial charge in [-0.2, -0.15) is 0 Å². The highest BCUT2D eigenvalue weighted by Gasteiger charge is 2.48. The summed E-state index contributed by atoms with van der Waals surface area (Å²) in [6.07, 6.45) is -5.30. The fraction of sp³-hybridized carbons (Fsp3) is 0.250. The molecule has 0 aliphatic carbocycles. The van der Waals surface area contributed by atoms with Crippen molar-refractivity contribution in [2.75, 3.05) is 0 Å². The molecular weight excluding hydrogens is 384 g/mol. The number of benzene rings is 2. The molecule has 0 bridgehead atoms. The van der Waals surface area contributed by atoms with Gasteiger partial charge < -0.3 is 40.1 Å². The van der Waals surface area contributed by atoms with E-state index >= 15 is 0 Å². The number of ether oxygens (including phenoxy) is 2. The van der Waals surface area contributed by atoms with Crippen LogP contribution in [0.4, 0.5) is 0 Å². The van der Waals surface area contributed by atoms with Gasteiger partial charge in [0, 0.05) is 6.07 Å². The predicted molar refractivity (Wildman–Crippen MR) is 100 cm³/mol. The van der Waals surface area contributed by atoms with E-state index in [1.54, 1.807) is 24.3 Å². The second-order valence-corrected chi connectivity index (χ2v) is 6.54. The van der Waals surface area contributed by atoms with Crippen molar-refractivity contribution in [2.45, 2.75) is 30.7 Å². The van der Waals surface area contributed by atoms with Crippen LogP contribution >= 0.6 is 0 Å². The van der Waals surface area contributed by atoms with Gasteiger partial charge in [-0.1, -0.05) is 24.3 Å². The van der Waals surface area contributed by atoms with Crippen molar-refractivity contribution in [2.24, 2.45) is 0 Å². The summed E-state index contributed by atoms with van der Waals surface area (Å²) in [6, 6.07) is 10.6. The Balaban J connectivity index is 1.78. The van der Waals surface area contributed by atoms with Crippen LogP contribution in [0.3, 0.4) is 0 Å². The lowest BCUT2D eigenvalue weighted by atomic mass is 9.99. The summed E-state index contributed by atoms with van der Waals surface area (Å²) in [6.45, 7) is 0. The molecule has 29 heavy (non-hydrogen) atoms. The maximum absolute atomic E-state index is 11.2. The van der Waals surface area contributed by atoms with E-state index in [0.29, 0.717) is 5.56 Å². The minimum absolute atomic E-state index is 0.0483. The van der Waals surface area contributed by atoms with Gasteiger partial charge in [0.15, 0.2) is 6.10 Å². The second-order valence-electron chi connectivity index (χ2n) is 6.54. The smallest absolute Gasteiger partial charge is 0.335 e. The number of aliphatic hydroxyl groups is 3. The van der Waals surface area contributed by atoms with Crippen LogP contribution in [0.2, 0.25) is 0 Å². The molecule has 0 radical (unpaired) electrons. The Bertz CT molecular complexity index is 893. The van der Waals surface area contributed by atoms with Crippen LogP contribution in [0.1, 0.15) is 11.1 Å². The first-order valence-electron chi connectivity index (χ1n) is 8.65. The first kappa shape index (κ1) is 20.6. The molecule has 0 aromatic heterocycles. The van der Waals surface area contributed by atoms with E-state index in [2.05, 4.69) is 0 Å². The van der Waals surface area contributed by atoms with Gasteiger partial charge in [-0.3, -0.25) is 0 Å². The molecule has 2 aromatic rings. The maximum Gasteiger partial charge on any atom is 0.335 e. The van der Waals surface area contributed by atoms with E-state index in [-0.39, 0.29) is 17.2 Å². The number of carbonyl (C=O) groups is 1. The van der Waals surface area contributed by atoms with Gasteiger partial charge in [-0.05, 0) is 35.4 Å². The van der Waals surface area contributed by atoms with Gasteiger partial charge in [0.05, 0.1) is 0 Å². The first-order valence-corrected chi connectivity index (χ1v) is 8.65. The highest BCUT2D eigenvalue weighted by atomic mass is 16.7. The molecule has 1 saturated heterocycles. The number of aliphatic carboxylic acids is 1. The molecule has 9 heteroatoms. The molecule has 1 heterocycles. The average molecular weight is 404 g/mol. The van der Waals surface area contributed by atoms with Gasteiger partial charge in [0.2, 0.25) is 6.29 Å². The Morgan fingerprint density at radius 3 is 2.17 bits per heavy atom. The van der Waals surface area contributed by atoms with Gasteiger partial charge in [0.1, 0.15) is 35.6 Å². The minimum Gasteiger partial charge on any atom is -0.508 e. The predicted octanol–water partition coefficient (Wildman–Crippen LogP) is 0.539. The van der Waals surface area contributed by atoms with Crippen molar-refractivity contribution < 1.29 is 44.9 Å². The van der Waals surface area contributed by atoms with E-state index in [1.165, 1.54) is 30.3 Å². The number of aromatic hydroxyl groups is 2. The summed E-state index contributed by atoms with van der Waals surface area (Å²) >= 11 is 0. The molecule has 1 aliphatic heterocycles. The van der Waals surface area contributed by atoms with E-state index < -0.39 is 36.7 Å². The molecule has 154 valence electrons. The zero-order chi connectivity index (χ0) is 21.1. The lowest BCUT2D eigenvalue weighted by molar-refractivity contribution is -0.271.